The standard InChI is InChI=1S/C10H18BrN3O/c1-6-10(11)9(14(3)13-6)5-8(12)7(2)15-4/h7-8H,5,12H2,1-4H3. The van der Waals surface area contributed by atoms with Gasteiger partial charge in [-0.15, -0.1) is 0 Å². The number of nitrogens with zero attached hydrogens (tertiary/aromatic N) is 2. The van der Waals surface area contributed by atoms with Crippen LogP contribution >= 0.6 is 15.9 Å². The van der Waals surface area contributed by atoms with Gasteiger partial charge in [0.05, 0.1) is 22.0 Å². The minimum Gasteiger partial charge on any atom is -0.380 e. The molecule has 1 rings (SSSR count). The molecule has 2 N–H and O–H groups in total. The minimum absolute atomic E-state index is 0.0129. The second-order valence-corrected chi connectivity index (χ2v) is 4.57. The van der Waals surface area contributed by atoms with Crippen molar-refractivity contribution in [2.24, 2.45) is 12.8 Å². The second kappa shape index (κ2) is 5.09. The zero-order valence-electron chi connectivity index (χ0n) is 9.62. The van der Waals surface area contributed by atoms with E-state index in [-0.39, 0.29) is 12.1 Å². The summed E-state index contributed by atoms with van der Waals surface area (Å²) in [5.74, 6) is 0. The summed E-state index contributed by atoms with van der Waals surface area (Å²) in [6, 6.07) is -0.0129. The Morgan fingerprint density at radius 3 is 2.60 bits per heavy atom. The Hall–Kier alpha value is -0.390. The first-order valence-corrected chi connectivity index (χ1v) is 5.73. The van der Waals surface area contributed by atoms with Crippen molar-refractivity contribution in [3.8, 4) is 0 Å². The molecule has 0 spiro atoms. The molecule has 0 saturated carbocycles. The van der Waals surface area contributed by atoms with Crippen molar-refractivity contribution in [1.29, 1.82) is 0 Å². The molecular weight excluding hydrogens is 258 g/mol. The normalized spacial score (nSPS) is 15.3. The molecule has 0 fully saturated rings. The van der Waals surface area contributed by atoms with Crippen molar-refractivity contribution >= 4 is 15.9 Å². The smallest absolute Gasteiger partial charge is 0.0738 e. The maximum atomic E-state index is 6.02. The SMILES string of the molecule is COC(C)C(N)Cc1c(Br)c(C)nn1C. The van der Waals surface area contributed by atoms with Gasteiger partial charge < -0.3 is 10.5 Å². The fraction of sp³-hybridized carbons (Fsp3) is 0.700. The first-order chi connectivity index (χ1) is 6.97. The molecule has 5 heteroatoms. The molecular formula is C10H18BrN3O. The van der Waals surface area contributed by atoms with Crippen LogP contribution in [0.25, 0.3) is 0 Å². The van der Waals surface area contributed by atoms with E-state index in [0.29, 0.717) is 0 Å². The van der Waals surface area contributed by atoms with Crippen molar-refractivity contribution in [3.05, 3.63) is 15.9 Å². The largest absolute Gasteiger partial charge is 0.380 e. The average Bonchev–Trinajstić information content (AvgIpc) is 2.43. The summed E-state index contributed by atoms with van der Waals surface area (Å²) in [7, 11) is 3.60. The topological polar surface area (TPSA) is 53.1 Å². The molecule has 0 aliphatic carbocycles. The van der Waals surface area contributed by atoms with E-state index in [1.54, 1.807) is 7.11 Å². The Labute approximate surface area is 98.9 Å². The second-order valence-electron chi connectivity index (χ2n) is 3.78. The molecule has 0 aliphatic rings. The molecule has 0 aromatic carbocycles. The molecule has 1 heterocycles. The fourth-order valence-corrected chi connectivity index (χ4v) is 1.96. The van der Waals surface area contributed by atoms with Gasteiger partial charge in [0.2, 0.25) is 0 Å². The van der Waals surface area contributed by atoms with Crippen LogP contribution in [0.1, 0.15) is 18.3 Å². The van der Waals surface area contributed by atoms with Crippen LogP contribution in [0.4, 0.5) is 0 Å². The van der Waals surface area contributed by atoms with Crippen LogP contribution in [0.5, 0.6) is 0 Å². The van der Waals surface area contributed by atoms with Gasteiger partial charge in [0.15, 0.2) is 0 Å². The van der Waals surface area contributed by atoms with Crippen molar-refractivity contribution in [3.63, 3.8) is 0 Å². The lowest BCUT2D eigenvalue weighted by Gasteiger charge is -2.18. The maximum Gasteiger partial charge on any atom is 0.0738 e. The van der Waals surface area contributed by atoms with Gasteiger partial charge in [0.1, 0.15) is 0 Å². The Bertz CT molecular complexity index is 338. The van der Waals surface area contributed by atoms with E-state index < -0.39 is 0 Å². The summed E-state index contributed by atoms with van der Waals surface area (Å²) >= 11 is 3.52. The predicted octanol–water partition coefficient (Wildman–Crippen LogP) is 1.40. The Kier molecular flexibility index (Phi) is 4.31. The summed E-state index contributed by atoms with van der Waals surface area (Å²) in [4.78, 5) is 0. The highest BCUT2D eigenvalue weighted by Gasteiger charge is 2.18. The Morgan fingerprint density at radius 1 is 1.60 bits per heavy atom. The van der Waals surface area contributed by atoms with E-state index in [1.807, 2.05) is 25.6 Å². The summed E-state index contributed by atoms with van der Waals surface area (Å²) in [6.45, 7) is 3.95. The van der Waals surface area contributed by atoms with Gasteiger partial charge in [0.25, 0.3) is 0 Å². The summed E-state index contributed by atoms with van der Waals surface area (Å²) in [5, 5.41) is 4.32. The van der Waals surface area contributed by atoms with Crippen LogP contribution < -0.4 is 5.73 Å². The molecule has 2 atom stereocenters. The molecule has 0 bridgehead atoms. The Balaban J connectivity index is 2.80. The molecule has 2 unspecified atom stereocenters. The molecule has 1 aromatic heterocycles. The monoisotopic (exact) mass is 275 g/mol. The fourth-order valence-electron chi connectivity index (χ4n) is 1.47. The third-order valence-corrected chi connectivity index (χ3v) is 3.70. The lowest BCUT2D eigenvalue weighted by molar-refractivity contribution is 0.0950. The Morgan fingerprint density at radius 2 is 2.20 bits per heavy atom. The number of aromatic nitrogens is 2. The van der Waals surface area contributed by atoms with Gasteiger partial charge in [-0.05, 0) is 29.8 Å². The third kappa shape index (κ3) is 2.80. The van der Waals surface area contributed by atoms with Gasteiger partial charge in [0, 0.05) is 26.6 Å². The zero-order valence-corrected chi connectivity index (χ0v) is 11.2. The molecule has 4 nitrogen and oxygen atoms in total. The highest BCUT2D eigenvalue weighted by atomic mass is 79.9. The van der Waals surface area contributed by atoms with Crippen LogP contribution in [0.3, 0.4) is 0 Å². The van der Waals surface area contributed by atoms with E-state index in [2.05, 4.69) is 21.0 Å². The van der Waals surface area contributed by atoms with Gasteiger partial charge in [-0.2, -0.15) is 5.10 Å². The van der Waals surface area contributed by atoms with Crippen LogP contribution in [0.15, 0.2) is 4.47 Å². The summed E-state index contributed by atoms with van der Waals surface area (Å²) < 4.78 is 8.11. The quantitative estimate of drug-likeness (QED) is 0.904. The third-order valence-electron chi connectivity index (χ3n) is 2.67. The van der Waals surface area contributed by atoms with E-state index in [9.17, 15) is 0 Å². The van der Waals surface area contributed by atoms with Crippen LogP contribution in [0.2, 0.25) is 0 Å². The molecule has 86 valence electrons. The van der Waals surface area contributed by atoms with E-state index in [0.717, 1.165) is 22.3 Å². The number of ether oxygens (including phenoxy) is 1. The lowest BCUT2D eigenvalue weighted by Crippen LogP contribution is -2.36. The number of hydrogen-bond donors (Lipinski definition) is 1. The van der Waals surface area contributed by atoms with Crippen LogP contribution in [-0.4, -0.2) is 29.0 Å². The first-order valence-electron chi connectivity index (χ1n) is 4.93. The average molecular weight is 276 g/mol. The minimum atomic E-state index is -0.0129. The van der Waals surface area contributed by atoms with Crippen molar-refractivity contribution < 1.29 is 4.74 Å². The van der Waals surface area contributed by atoms with Crippen molar-refractivity contribution in [1.82, 2.24) is 9.78 Å². The summed E-state index contributed by atoms with van der Waals surface area (Å²) in [5.41, 5.74) is 8.13. The van der Waals surface area contributed by atoms with Gasteiger partial charge in [-0.1, -0.05) is 0 Å². The lowest BCUT2D eigenvalue weighted by atomic mass is 10.1. The number of nitrogens with two attached hydrogens (primary N) is 1. The maximum absolute atomic E-state index is 6.02. The molecule has 0 aliphatic heterocycles. The molecule has 0 radical (unpaired) electrons. The van der Waals surface area contributed by atoms with E-state index in [1.165, 1.54) is 0 Å². The van der Waals surface area contributed by atoms with E-state index in [4.69, 9.17) is 10.5 Å². The molecule has 1 aromatic rings. The molecule has 0 saturated heterocycles. The van der Waals surface area contributed by atoms with Crippen LogP contribution in [0, 0.1) is 6.92 Å². The highest BCUT2D eigenvalue weighted by molar-refractivity contribution is 9.10. The van der Waals surface area contributed by atoms with Gasteiger partial charge >= 0.3 is 0 Å². The van der Waals surface area contributed by atoms with Gasteiger partial charge in [-0.25, -0.2) is 0 Å². The highest BCUT2D eigenvalue weighted by Crippen LogP contribution is 2.21. The van der Waals surface area contributed by atoms with E-state index >= 15 is 0 Å². The molecule has 15 heavy (non-hydrogen) atoms. The number of halogens is 1. The number of methoxy groups -OCH3 is 1. The van der Waals surface area contributed by atoms with Crippen molar-refractivity contribution in [2.45, 2.75) is 32.4 Å². The predicted molar refractivity (Wildman–Crippen MR) is 63.8 cm³/mol. The van der Waals surface area contributed by atoms with Crippen molar-refractivity contribution in [2.75, 3.05) is 7.11 Å². The van der Waals surface area contributed by atoms with Crippen LogP contribution in [-0.2, 0) is 18.2 Å². The molecule has 0 amide bonds. The van der Waals surface area contributed by atoms with Gasteiger partial charge in [-0.3, -0.25) is 4.68 Å². The number of rotatable bonds is 4. The summed E-state index contributed by atoms with van der Waals surface area (Å²) in [6.07, 6.45) is 0.805. The number of aryl methyl sites for hydroxylation is 2. The zero-order chi connectivity index (χ0) is 11.6. The first kappa shape index (κ1) is 12.7. The number of hydrogen-bond acceptors (Lipinski definition) is 3.